The summed E-state index contributed by atoms with van der Waals surface area (Å²) in [6.45, 7) is 8.78. The molecule has 1 heterocycles. The number of rotatable bonds is 12. The van der Waals surface area contributed by atoms with Gasteiger partial charge in [0.25, 0.3) is 5.56 Å². The highest BCUT2D eigenvalue weighted by atomic mass is 32.2. The molecule has 1 saturated carbocycles. The van der Waals surface area contributed by atoms with Gasteiger partial charge in [0.2, 0.25) is 5.91 Å². The van der Waals surface area contributed by atoms with Gasteiger partial charge in [-0.15, -0.1) is 0 Å². The first-order valence-electron chi connectivity index (χ1n) is 14.7. The lowest BCUT2D eigenvalue weighted by atomic mass is 9.62. The van der Waals surface area contributed by atoms with Crippen LogP contribution in [0.2, 0.25) is 0 Å². The van der Waals surface area contributed by atoms with Crippen LogP contribution in [0.25, 0.3) is 11.3 Å². The van der Waals surface area contributed by atoms with Gasteiger partial charge in [0.1, 0.15) is 0 Å². The SMILES string of the molecule is CCCCN(CCCC)C(=O)CSc1nc2c(c(=O)n1CCCC)C1(CCCCC1)Cc1ccccc1-2. The van der Waals surface area contributed by atoms with E-state index in [0.717, 1.165) is 87.7 Å². The molecule has 1 fully saturated rings. The van der Waals surface area contributed by atoms with E-state index in [-0.39, 0.29) is 16.9 Å². The standard InChI is InChI=1S/C31H45N3O2S/c1-4-7-19-33(20-8-5-2)26(35)23-37-30-32-28-25-16-12-11-15-24(25)22-31(17-13-10-14-18-31)27(28)29(36)34(30)21-9-6-3/h11-12,15-16H,4-10,13-14,17-23H2,1-3H3. The number of nitrogens with zero attached hydrogens (tertiary/aromatic N) is 3. The molecule has 0 unspecified atom stereocenters. The Bertz CT molecular complexity index is 1110. The van der Waals surface area contributed by atoms with Crippen LogP contribution in [0, 0.1) is 0 Å². The smallest absolute Gasteiger partial charge is 0.258 e. The summed E-state index contributed by atoms with van der Waals surface area (Å²) in [5.74, 6) is 0.488. The van der Waals surface area contributed by atoms with Crippen molar-refractivity contribution in [2.24, 2.45) is 0 Å². The van der Waals surface area contributed by atoms with Gasteiger partial charge in [-0.3, -0.25) is 14.2 Å². The molecule has 1 aromatic carbocycles. The van der Waals surface area contributed by atoms with Gasteiger partial charge in [-0.2, -0.15) is 0 Å². The van der Waals surface area contributed by atoms with Crippen molar-refractivity contribution in [3.05, 3.63) is 45.7 Å². The molecule has 4 rings (SSSR count). The van der Waals surface area contributed by atoms with Gasteiger partial charge >= 0.3 is 0 Å². The Labute approximate surface area is 227 Å². The van der Waals surface area contributed by atoms with Gasteiger partial charge in [0, 0.05) is 30.6 Å². The van der Waals surface area contributed by atoms with E-state index in [9.17, 15) is 9.59 Å². The molecule has 0 bridgehead atoms. The number of hydrogen-bond donors (Lipinski definition) is 0. The Hall–Kier alpha value is -2.08. The number of hydrogen-bond acceptors (Lipinski definition) is 4. The highest BCUT2D eigenvalue weighted by molar-refractivity contribution is 7.99. The van der Waals surface area contributed by atoms with Gasteiger partial charge < -0.3 is 4.90 Å². The zero-order valence-electron chi connectivity index (χ0n) is 23.2. The fourth-order valence-electron chi connectivity index (χ4n) is 6.12. The van der Waals surface area contributed by atoms with Crippen LogP contribution in [0.3, 0.4) is 0 Å². The number of carbonyl (C=O) groups excluding carboxylic acids is 1. The predicted octanol–water partition coefficient (Wildman–Crippen LogP) is 6.99. The lowest BCUT2D eigenvalue weighted by molar-refractivity contribution is -0.128. The van der Waals surface area contributed by atoms with Crippen LogP contribution in [0.15, 0.2) is 34.2 Å². The highest BCUT2D eigenvalue weighted by Crippen LogP contribution is 2.48. The molecular weight excluding hydrogens is 478 g/mol. The number of fused-ring (bicyclic) bond motifs is 4. The second kappa shape index (κ2) is 13.1. The fourth-order valence-corrected chi connectivity index (χ4v) is 7.04. The summed E-state index contributed by atoms with van der Waals surface area (Å²) < 4.78 is 1.91. The topological polar surface area (TPSA) is 55.2 Å². The first kappa shape index (κ1) is 27.9. The Morgan fingerprint density at radius 1 is 1.00 bits per heavy atom. The molecule has 37 heavy (non-hydrogen) atoms. The molecule has 2 aromatic rings. The largest absolute Gasteiger partial charge is 0.342 e. The summed E-state index contributed by atoms with van der Waals surface area (Å²) in [6.07, 6.45) is 12.8. The minimum Gasteiger partial charge on any atom is -0.342 e. The lowest BCUT2D eigenvalue weighted by Crippen LogP contribution is -2.43. The first-order chi connectivity index (χ1) is 18.0. The zero-order chi connectivity index (χ0) is 26.3. The highest BCUT2D eigenvalue weighted by Gasteiger charge is 2.43. The van der Waals surface area contributed by atoms with E-state index >= 15 is 0 Å². The van der Waals surface area contributed by atoms with E-state index in [1.165, 1.54) is 36.6 Å². The number of aromatic nitrogens is 2. The predicted molar refractivity (Wildman–Crippen MR) is 154 cm³/mol. The molecule has 0 aliphatic heterocycles. The molecular formula is C31H45N3O2S. The third kappa shape index (κ3) is 6.16. The van der Waals surface area contributed by atoms with Crippen LogP contribution in [0.5, 0.6) is 0 Å². The van der Waals surface area contributed by atoms with Gasteiger partial charge in [-0.1, -0.05) is 95.3 Å². The number of benzene rings is 1. The van der Waals surface area contributed by atoms with Gasteiger partial charge in [-0.05, 0) is 44.1 Å². The van der Waals surface area contributed by atoms with Crippen molar-refractivity contribution >= 4 is 17.7 Å². The quantitative estimate of drug-likeness (QED) is 0.222. The molecule has 0 atom stereocenters. The second-order valence-corrected chi connectivity index (χ2v) is 11.9. The Kier molecular flexibility index (Phi) is 9.91. The monoisotopic (exact) mass is 523 g/mol. The number of thioether (sulfide) groups is 1. The van der Waals surface area contributed by atoms with Gasteiger partial charge in [-0.25, -0.2) is 4.98 Å². The average Bonchev–Trinajstić information content (AvgIpc) is 2.91. The molecule has 0 saturated heterocycles. The molecule has 0 N–H and O–H groups in total. The third-order valence-electron chi connectivity index (χ3n) is 8.25. The van der Waals surface area contributed by atoms with E-state index in [0.29, 0.717) is 17.5 Å². The second-order valence-electron chi connectivity index (χ2n) is 11.0. The maximum atomic E-state index is 14.3. The molecule has 1 amide bonds. The van der Waals surface area contributed by atoms with Crippen LogP contribution in [0.4, 0.5) is 0 Å². The summed E-state index contributed by atoms with van der Waals surface area (Å²) in [6, 6.07) is 8.51. The van der Waals surface area contributed by atoms with Crippen LogP contribution in [0.1, 0.15) is 103 Å². The van der Waals surface area contributed by atoms with E-state index < -0.39 is 0 Å². The van der Waals surface area contributed by atoms with Crippen molar-refractivity contribution in [2.45, 2.75) is 115 Å². The van der Waals surface area contributed by atoms with Crippen molar-refractivity contribution in [3.8, 4) is 11.3 Å². The van der Waals surface area contributed by atoms with Crippen LogP contribution < -0.4 is 5.56 Å². The number of unbranched alkanes of at least 4 members (excludes halogenated alkanes) is 3. The van der Waals surface area contributed by atoms with E-state index in [2.05, 4.69) is 45.0 Å². The fraction of sp³-hybridized carbons (Fsp3) is 0.645. The Morgan fingerprint density at radius 2 is 1.68 bits per heavy atom. The van der Waals surface area contributed by atoms with Gasteiger partial charge in [0.15, 0.2) is 5.16 Å². The summed E-state index contributed by atoms with van der Waals surface area (Å²) in [4.78, 5) is 34.8. The van der Waals surface area contributed by atoms with E-state index in [4.69, 9.17) is 4.98 Å². The Morgan fingerprint density at radius 3 is 2.35 bits per heavy atom. The minimum absolute atomic E-state index is 0.101. The molecule has 1 aromatic heterocycles. The molecule has 2 aliphatic rings. The molecule has 1 spiro atoms. The van der Waals surface area contributed by atoms with E-state index in [1.54, 1.807) is 0 Å². The Balaban J connectivity index is 1.73. The lowest BCUT2D eigenvalue weighted by Gasteiger charge is -2.42. The maximum Gasteiger partial charge on any atom is 0.258 e. The van der Waals surface area contributed by atoms with Crippen LogP contribution in [-0.4, -0.2) is 39.2 Å². The number of carbonyl (C=O) groups is 1. The summed E-state index contributed by atoms with van der Waals surface area (Å²) in [5, 5.41) is 0.708. The summed E-state index contributed by atoms with van der Waals surface area (Å²) in [7, 11) is 0. The van der Waals surface area contributed by atoms with Gasteiger partial charge in [0.05, 0.1) is 17.0 Å². The van der Waals surface area contributed by atoms with Crippen LogP contribution >= 0.6 is 11.8 Å². The van der Waals surface area contributed by atoms with Crippen molar-refractivity contribution in [2.75, 3.05) is 18.8 Å². The van der Waals surface area contributed by atoms with Crippen molar-refractivity contribution in [3.63, 3.8) is 0 Å². The van der Waals surface area contributed by atoms with Crippen molar-refractivity contribution < 1.29 is 4.79 Å². The van der Waals surface area contributed by atoms with Crippen molar-refractivity contribution in [1.82, 2.24) is 14.5 Å². The van der Waals surface area contributed by atoms with E-state index in [1.807, 2.05) is 9.47 Å². The molecule has 202 valence electrons. The minimum atomic E-state index is -0.101. The first-order valence-corrected chi connectivity index (χ1v) is 15.7. The maximum absolute atomic E-state index is 14.3. The molecule has 5 nitrogen and oxygen atoms in total. The van der Waals surface area contributed by atoms with Crippen molar-refractivity contribution in [1.29, 1.82) is 0 Å². The normalized spacial score (nSPS) is 15.9. The average molecular weight is 524 g/mol. The molecule has 0 radical (unpaired) electrons. The van der Waals surface area contributed by atoms with Crippen LogP contribution in [-0.2, 0) is 23.2 Å². The third-order valence-corrected chi connectivity index (χ3v) is 9.21. The molecule has 2 aliphatic carbocycles. The summed E-state index contributed by atoms with van der Waals surface area (Å²) in [5.41, 5.74) is 4.28. The summed E-state index contributed by atoms with van der Waals surface area (Å²) >= 11 is 1.46. The molecule has 6 heteroatoms. The zero-order valence-corrected chi connectivity index (χ0v) is 24.0. The number of amides is 1.